The molecule has 1 aliphatic rings. The highest BCUT2D eigenvalue weighted by Crippen LogP contribution is 2.37. The number of nitrogens with one attached hydrogen (secondary N) is 1. The molecule has 0 radical (unpaired) electrons. The average Bonchev–Trinajstić information content (AvgIpc) is 3.02. The topological polar surface area (TPSA) is 89.8 Å². The van der Waals surface area contributed by atoms with E-state index < -0.39 is 23.4 Å². The first-order valence-corrected chi connectivity index (χ1v) is 7.97. The lowest BCUT2D eigenvalue weighted by Crippen LogP contribution is -2.11. The van der Waals surface area contributed by atoms with Crippen molar-refractivity contribution in [1.82, 2.24) is 9.78 Å². The highest BCUT2D eigenvalue weighted by molar-refractivity contribution is 6.10. The van der Waals surface area contributed by atoms with Crippen molar-refractivity contribution in [2.45, 2.75) is 31.9 Å². The number of nitriles is 2. The lowest BCUT2D eigenvalue weighted by Gasteiger charge is -2.15. The van der Waals surface area contributed by atoms with Crippen LogP contribution in [0.25, 0.3) is 5.69 Å². The molecule has 1 aromatic carbocycles. The fourth-order valence-corrected chi connectivity index (χ4v) is 2.97. The van der Waals surface area contributed by atoms with Gasteiger partial charge >= 0.3 is 6.18 Å². The number of fused-ring (bicyclic) bond motifs is 1. The van der Waals surface area contributed by atoms with E-state index in [2.05, 4.69) is 15.6 Å². The first kappa shape index (κ1) is 18.4. The normalized spacial score (nSPS) is 13.3. The molecule has 0 amide bonds. The van der Waals surface area contributed by atoms with Crippen molar-refractivity contribution in [2.75, 3.05) is 5.43 Å². The summed E-state index contributed by atoms with van der Waals surface area (Å²) >= 11 is 0. The summed E-state index contributed by atoms with van der Waals surface area (Å²) in [5.74, 6) is -0.810. The van der Waals surface area contributed by atoms with Gasteiger partial charge in [0.1, 0.15) is 17.8 Å². The number of hydrogen-bond donors (Lipinski definition) is 1. The maximum atomic E-state index is 14.5. The summed E-state index contributed by atoms with van der Waals surface area (Å²) in [4.78, 5) is 0. The Labute approximate surface area is 151 Å². The zero-order chi connectivity index (χ0) is 19.6. The van der Waals surface area contributed by atoms with Crippen LogP contribution in [0, 0.1) is 28.5 Å². The Morgan fingerprint density at radius 2 is 1.89 bits per heavy atom. The summed E-state index contributed by atoms with van der Waals surface area (Å²) in [6.45, 7) is 0. The van der Waals surface area contributed by atoms with Crippen molar-refractivity contribution in [3.05, 3.63) is 41.0 Å². The maximum absolute atomic E-state index is 14.5. The van der Waals surface area contributed by atoms with Gasteiger partial charge in [-0.2, -0.15) is 33.9 Å². The molecule has 0 aliphatic heterocycles. The van der Waals surface area contributed by atoms with Gasteiger partial charge in [0.25, 0.3) is 0 Å². The molecule has 0 saturated heterocycles. The average molecular weight is 376 g/mol. The fourth-order valence-electron chi connectivity index (χ4n) is 2.97. The largest absolute Gasteiger partial charge is 0.435 e. The van der Waals surface area contributed by atoms with Gasteiger partial charge in [-0.25, -0.2) is 9.07 Å². The number of rotatable bonds is 3. The van der Waals surface area contributed by atoms with E-state index in [4.69, 9.17) is 10.5 Å². The Bertz CT molecular complexity index is 975. The van der Waals surface area contributed by atoms with E-state index in [1.54, 1.807) is 0 Å². The predicted octanol–water partition coefficient (Wildman–Crippen LogP) is 3.72. The number of aromatic nitrogens is 2. The third kappa shape index (κ3) is 3.60. The van der Waals surface area contributed by atoms with Gasteiger partial charge in [-0.3, -0.25) is 5.43 Å². The van der Waals surface area contributed by atoms with E-state index in [1.807, 2.05) is 0 Å². The molecule has 0 atom stereocenters. The van der Waals surface area contributed by atoms with Gasteiger partial charge < -0.3 is 0 Å². The van der Waals surface area contributed by atoms with Crippen LogP contribution in [0.15, 0.2) is 23.3 Å². The number of anilines is 1. The first-order valence-electron chi connectivity index (χ1n) is 7.97. The Balaban J connectivity index is 2.01. The molecule has 1 aliphatic carbocycles. The van der Waals surface area contributed by atoms with Crippen LogP contribution in [0.4, 0.5) is 23.2 Å². The lowest BCUT2D eigenvalue weighted by molar-refractivity contribution is -0.142. The molecule has 2 aromatic rings. The smallest absolute Gasteiger partial charge is 0.276 e. The molecule has 138 valence electrons. The maximum Gasteiger partial charge on any atom is 0.435 e. The molecular weight excluding hydrogens is 364 g/mol. The van der Waals surface area contributed by atoms with Crippen molar-refractivity contribution in [3.63, 3.8) is 0 Å². The number of nitrogens with zero attached hydrogens (tertiary/aromatic N) is 5. The molecule has 6 nitrogen and oxygen atoms in total. The Morgan fingerprint density at radius 3 is 2.52 bits per heavy atom. The highest BCUT2D eigenvalue weighted by atomic mass is 19.4. The van der Waals surface area contributed by atoms with E-state index in [-0.39, 0.29) is 23.4 Å². The summed E-state index contributed by atoms with van der Waals surface area (Å²) < 4.78 is 55.3. The predicted molar refractivity (Wildman–Crippen MR) is 87.4 cm³/mol. The van der Waals surface area contributed by atoms with Crippen molar-refractivity contribution in [2.24, 2.45) is 5.10 Å². The minimum absolute atomic E-state index is 0.112. The SMILES string of the molecule is N#CC(C#N)=NNc1ccc(-n2nc(C(F)(F)F)c3c2CCCC3)c(F)c1. The number of alkyl halides is 3. The van der Waals surface area contributed by atoms with Gasteiger partial charge in [-0.1, -0.05) is 0 Å². The molecule has 0 unspecified atom stereocenters. The van der Waals surface area contributed by atoms with Crippen LogP contribution < -0.4 is 5.43 Å². The monoisotopic (exact) mass is 376 g/mol. The highest BCUT2D eigenvalue weighted by Gasteiger charge is 2.39. The molecule has 1 aromatic heterocycles. The van der Waals surface area contributed by atoms with Gasteiger partial charge in [0.15, 0.2) is 11.5 Å². The van der Waals surface area contributed by atoms with Gasteiger partial charge in [0, 0.05) is 17.3 Å². The fraction of sp³-hybridized carbons (Fsp3) is 0.294. The third-order valence-electron chi connectivity index (χ3n) is 4.13. The van der Waals surface area contributed by atoms with Gasteiger partial charge in [0.2, 0.25) is 5.71 Å². The van der Waals surface area contributed by atoms with E-state index in [9.17, 15) is 17.6 Å². The molecule has 27 heavy (non-hydrogen) atoms. The Morgan fingerprint density at radius 1 is 1.19 bits per heavy atom. The molecular formula is C17H12F4N6. The van der Waals surface area contributed by atoms with Crippen LogP contribution in [0.5, 0.6) is 0 Å². The van der Waals surface area contributed by atoms with E-state index >= 15 is 0 Å². The van der Waals surface area contributed by atoms with Crippen LogP contribution in [0.1, 0.15) is 29.8 Å². The number of halogens is 4. The van der Waals surface area contributed by atoms with Gasteiger partial charge in [-0.05, 0) is 37.8 Å². The van der Waals surface area contributed by atoms with Crippen LogP contribution in [0.3, 0.4) is 0 Å². The zero-order valence-corrected chi connectivity index (χ0v) is 13.8. The number of hydrazone groups is 1. The summed E-state index contributed by atoms with van der Waals surface area (Å²) in [7, 11) is 0. The second kappa shape index (κ2) is 7.08. The molecule has 3 rings (SSSR count). The van der Waals surface area contributed by atoms with E-state index in [0.29, 0.717) is 25.0 Å². The lowest BCUT2D eigenvalue weighted by atomic mass is 9.95. The van der Waals surface area contributed by atoms with Crippen LogP contribution in [0.2, 0.25) is 0 Å². The molecule has 0 fully saturated rings. The standard InChI is InChI=1S/C17H12F4N6/c18-13-7-10(24-25-11(8-22)9-23)5-6-15(13)27-14-4-2-1-3-12(14)16(26-27)17(19,20)21/h5-7,24H,1-4H2. The third-order valence-corrected chi connectivity index (χ3v) is 4.13. The molecule has 10 heteroatoms. The van der Waals surface area contributed by atoms with E-state index in [0.717, 1.165) is 10.7 Å². The van der Waals surface area contributed by atoms with E-state index in [1.165, 1.54) is 24.3 Å². The Hall–Kier alpha value is -3.40. The number of hydrogen-bond acceptors (Lipinski definition) is 5. The second-order valence-corrected chi connectivity index (χ2v) is 5.85. The van der Waals surface area contributed by atoms with Gasteiger partial charge in [0.05, 0.1) is 5.69 Å². The first-order chi connectivity index (χ1) is 12.8. The minimum atomic E-state index is -4.61. The summed E-state index contributed by atoms with van der Waals surface area (Å²) in [6.07, 6.45) is -2.63. The van der Waals surface area contributed by atoms with Crippen molar-refractivity contribution >= 4 is 11.4 Å². The van der Waals surface area contributed by atoms with Crippen molar-refractivity contribution in [1.29, 1.82) is 10.5 Å². The molecule has 0 saturated carbocycles. The zero-order valence-electron chi connectivity index (χ0n) is 13.8. The molecule has 1 N–H and O–H groups in total. The minimum Gasteiger partial charge on any atom is -0.276 e. The molecule has 1 heterocycles. The number of benzene rings is 1. The Kier molecular flexibility index (Phi) is 4.82. The van der Waals surface area contributed by atoms with Crippen molar-refractivity contribution in [3.8, 4) is 17.8 Å². The summed E-state index contributed by atoms with van der Waals surface area (Å²) in [6, 6.07) is 6.73. The molecule has 0 bridgehead atoms. The summed E-state index contributed by atoms with van der Waals surface area (Å²) in [5, 5.41) is 24.4. The van der Waals surface area contributed by atoms with Crippen LogP contribution in [-0.2, 0) is 19.0 Å². The quantitative estimate of drug-likeness (QED) is 0.502. The second-order valence-electron chi connectivity index (χ2n) is 5.85. The van der Waals surface area contributed by atoms with Crippen LogP contribution in [-0.4, -0.2) is 15.5 Å². The van der Waals surface area contributed by atoms with Gasteiger partial charge in [-0.15, -0.1) is 0 Å². The molecule has 0 spiro atoms. The van der Waals surface area contributed by atoms with Crippen molar-refractivity contribution < 1.29 is 17.6 Å². The summed E-state index contributed by atoms with van der Waals surface area (Å²) in [5.41, 5.74) is 1.43. The van der Waals surface area contributed by atoms with Crippen LogP contribution >= 0.6 is 0 Å².